The number of carbonyl (C=O) groups is 1. The monoisotopic (exact) mass is 509 g/mol. The van der Waals surface area contributed by atoms with Crippen LogP contribution in [0.5, 0.6) is 23.0 Å². The normalized spacial score (nSPS) is 18.3. The summed E-state index contributed by atoms with van der Waals surface area (Å²) in [6.07, 6.45) is -6.84. The summed E-state index contributed by atoms with van der Waals surface area (Å²) < 4.78 is 71.7. The molecule has 1 saturated heterocycles. The molecule has 0 radical (unpaired) electrons. The Labute approximate surface area is 205 Å². The van der Waals surface area contributed by atoms with Crippen LogP contribution in [-0.4, -0.2) is 57.1 Å². The molecule has 2 aromatic rings. The number of piperidine rings is 1. The number of amides is 1. The van der Waals surface area contributed by atoms with Crippen LogP contribution in [0.1, 0.15) is 30.9 Å². The number of nitrogens with zero attached hydrogens (tertiary/aromatic N) is 1. The van der Waals surface area contributed by atoms with Crippen LogP contribution in [0.25, 0.3) is 0 Å². The molecule has 1 atom stereocenters. The lowest BCUT2D eigenvalue weighted by molar-refractivity contribution is -0.200. The van der Waals surface area contributed by atoms with E-state index in [-0.39, 0.29) is 32.6 Å². The molecule has 0 spiro atoms. The van der Waals surface area contributed by atoms with Crippen molar-refractivity contribution in [3.8, 4) is 23.0 Å². The molecule has 0 N–H and O–H groups in total. The van der Waals surface area contributed by atoms with Crippen LogP contribution >= 0.6 is 0 Å². The molecule has 8 nitrogen and oxygen atoms in total. The van der Waals surface area contributed by atoms with Crippen LogP contribution in [0.2, 0.25) is 0 Å². The van der Waals surface area contributed by atoms with Gasteiger partial charge >= 0.3 is 12.3 Å². The number of benzene rings is 2. The second-order valence-electron chi connectivity index (χ2n) is 8.90. The molecule has 3 aliphatic heterocycles. The molecule has 194 valence electrons. The third kappa shape index (κ3) is 4.25. The van der Waals surface area contributed by atoms with Gasteiger partial charge in [0.2, 0.25) is 13.6 Å². The zero-order valence-corrected chi connectivity index (χ0v) is 19.8. The average molecular weight is 509 g/mol. The topological polar surface area (TPSA) is 75.7 Å². The SMILES string of the molecule is COC(c1ccc2c(c1)OCO2)(c1ccc2c(c1)OCO2)C1CCN(C(=O)OC(C)C(F)(F)F)CC1. The Kier molecular flexibility index (Phi) is 6.27. The number of hydrogen-bond donors (Lipinski definition) is 0. The second kappa shape index (κ2) is 9.27. The van der Waals surface area contributed by atoms with Crippen LogP contribution in [0.3, 0.4) is 0 Å². The third-order valence-electron chi connectivity index (χ3n) is 6.99. The predicted molar refractivity (Wildman–Crippen MR) is 119 cm³/mol. The maximum Gasteiger partial charge on any atom is 0.425 e. The lowest BCUT2D eigenvalue weighted by Crippen LogP contribution is -2.48. The summed E-state index contributed by atoms with van der Waals surface area (Å²) in [5.41, 5.74) is 0.677. The predicted octanol–water partition coefficient (Wildman–Crippen LogP) is 4.83. The molecule has 5 rings (SSSR count). The highest BCUT2D eigenvalue weighted by Gasteiger charge is 2.46. The zero-order valence-electron chi connectivity index (χ0n) is 19.8. The quantitative estimate of drug-likeness (QED) is 0.571. The van der Waals surface area contributed by atoms with E-state index in [1.54, 1.807) is 7.11 Å². The van der Waals surface area contributed by atoms with Crippen LogP contribution in [0, 0.1) is 5.92 Å². The number of alkyl halides is 3. The Balaban J connectivity index is 1.45. The maximum atomic E-state index is 12.9. The van der Waals surface area contributed by atoms with Gasteiger partial charge in [0.05, 0.1) is 0 Å². The molecular formula is C25H26F3NO7. The lowest BCUT2D eigenvalue weighted by Gasteiger charge is -2.44. The first-order chi connectivity index (χ1) is 17.2. The van der Waals surface area contributed by atoms with Gasteiger partial charge in [0, 0.05) is 20.2 Å². The van der Waals surface area contributed by atoms with E-state index < -0.39 is 24.0 Å². The molecule has 0 bridgehead atoms. The van der Waals surface area contributed by atoms with Gasteiger partial charge in [-0.25, -0.2) is 4.79 Å². The Hall–Kier alpha value is -3.34. The van der Waals surface area contributed by atoms with Crippen molar-refractivity contribution in [1.29, 1.82) is 0 Å². The van der Waals surface area contributed by atoms with E-state index >= 15 is 0 Å². The molecular weight excluding hydrogens is 483 g/mol. The Bertz CT molecular complexity index is 1070. The number of carbonyl (C=O) groups excluding carboxylic acids is 1. The standard InChI is InChI=1S/C25H26F3NO7/c1-15(25(26,27)28)36-23(30)29-9-7-16(8-10-29)24(31-2,17-3-5-19-21(11-17)34-13-32-19)18-4-6-20-22(12-18)35-14-33-20/h3-6,11-12,15-16H,7-10,13-14H2,1-2H3. The minimum atomic E-state index is -4.61. The highest BCUT2D eigenvalue weighted by molar-refractivity contribution is 5.68. The van der Waals surface area contributed by atoms with Crippen molar-refractivity contribution in [1.82, 2.24) is 4.90 Å². The van der Waals surface area contributed by atoms with E-state index in [1.807, 2.05) is 36.4 Å². The van der Waals surface area contributed by atoms with E-state index in [2.05, 4.69) is 4.74 Å². The van der Waals surface area contributed by atoms with E-state index in [0.29, 0.717) is 35.8 Å². The number of hydrogen-bond acceptors (Lipinski definition) is 7. The van der Waals surface area contributed by atoms with Crippen LogP contribution < -0.4 is 18.9 Å². The van der Waals surface area contributed by atoms with Crippen molar-refractivity contribution in [2.45, 2.75) is 37.6 Å². The number of fused-ring (bicyclic) bond motifs is 2. The van der Waals surface area contributed by atoms with E-state index in [1.165, 1.54) is 4.90 Å². The fourth-order valence-electron chi connectivity index (χ4n) is 5.06. The van der Waals surface area contributed by atoms with Gasteiger partial charge in [0.1, 0.15) is 5.60 Å². The maximum absolute atomic E-state index is 12.9. The summed E-state index contributed by atoms with van der Waals surface area (Å²) >= 11 is 0. The summed E-state index contributed by atoms with van der Waals surface area (Å²) in [5, 5.41) is 0. The van der Waals surface area contributed by atoms with Crippen molar-refractivity contribution < 1.29 is 46.4 Å². The Morgan fingerprint density at radius 1 is 0.917 bits per heavy atom. The van der Waals surface area contributed by atoms with Gasteiger partial charge in [-0.2, -0.15) is 13.2 Å². The van der Waals surface area contributed by atoms with Crippen molar-refractivity contribution in [3.63, 3.8) is 0 Å². The largest absolute Gasteiger partial charge is 0.454 e. The van der Waals surface area contributed by atoms with Crippen molar-refractivity contribution >= 4 is 6.09 Å². The highest BCUT2D eigenvalue weighted by atomic mass is 19.4. The molecule has 2 aromatic carbocycles. The number of ether oxygens (including phenoxy) is 6. The molecule has 1 amide bonds. The Morgan fingerprint density at radius 3 is 1.89 bits per heavy atom. The summed E-state index contributed by atoms with van der Waals surface area (Å²) in [6, 6.07) is 11.2. The molecule has 1 unspecified atom stereocenters. The first-order valence-electron chi connectivity index (χ1n) is 11.6. The summed E-state index contributed by atoms with van der Waals surface area (Å²) in [5.74, 6) is 2.32. The van der Waals surface area contributed by atoms with E-state index in [0.717, 1.165) is 18.1 Å². The fourth-order valence-corrected chi connectivity index (χ4v) is 5.06. The zero-order chi connectivity index (χ0) is 25.5. The van der Waals surface area contributed by atoms with E-state index in [4.69, 9.17) is 23.7 Å². The molecule has 36 heavy (non-hydrogen) atoms. The number of halogens is 3. The molecule has 3 heterocycles. The summed E-state index contributed by atoms with van der Waals surface area (Å²) in [6.45, 7) is 1.50. The fraction of sp³-hybridized carbons (Fsp3) is 0.480. The van der Waals surface area contributed by atoms with Gasteiger partial charge in [-0.15, -0.1) is 0 Å². The number of likely N-dealkylation sites (tertiary alicyclic amines) is 1. The first kappa shape index (κ1) is 24.4. The van der Waals surface area contributed by atoms with Gasteiger partial charge in [-0.3, -0.25) is 0 Å². The van der Waals surface area contributed by atoms with Crippen LogP contribution in [-0.2, 0) is 15.1 Å². The van der Waals surface area contributed by atoms with Crippen LogP contribution in [0.4, 0.5) is 18.0 Å². The van der Waals surface area contributed by atoms with Gasteiger partial charge in [0.25, 0.3) is 0 Å². The molecule has 0 saturated carbocycles. The van der Waals surface area contributed by atoms with Gasteiger partial charge in [-0.05, 0) is 61.1 Å². The third-order valence-corrected chi connectivity index (χ3v) is 6.99. The minimum Gasteiger partial charge on any atom is -0.454 e. The Morgan fingerprint density at radius 2 is 1.42 bits per heavy atom. The average Bonchev–Trinajstić information content (AvgIpc) is 3.53. The summed E-state index contributed by atoms with van der Waals surface area (Å²) in [4.78, 5) is 13.7. The lowest BCUT2D eigenvalue weighted by atomic mass is 9.71. The molecule has 11 heteroatoms. The molecule has 0 aromatic heterocycles. The highest BCUT2D eigenvalue weighted by Crippen LogP contribution is 2.49. The van der Waals surface area contributed by atoms with Crippen LogP contribution in [0.15, 0.2) is 36.4 Å². The van der Waals surface area contributed by atoms with Crippen molar-refractivity contribution in [3.05, 3.63) is 47.5 Å². The first-order valence-corrected chi connectivity index (χ1v) is 11.6. The molecule has 1 fully saturated rings. The van der Waals surface area contributed by atoms with Gasteiger partial charge in [0.15, 0.2) is 29.1 Å². The number of rotatable bonds is 5. The minimum absolute atomic E-state index is 0.125. The number of methoxy groups -OCH3 is 1. The molecule has 0 aliphatic carbocycles. The summed E-state index contributed by atoms with van der Waals surface area (Å²) in [7, 11) is 1.61. The van der Waals surface area contributed by atoms with Crippen molar-refractivity contribution in [2.24, 2.45) is 5.92 Å². The van der Waals surface area contributed by atoms with E-state index in [9.17, 15) is 18.0 Å². The van der Waals surface area contributed by atoms with Gasteiger partial charge in [-0.1, -0.05) is 12.1 Å². The van der Waals surface area contributed by atoms with Gasteiger partial charge < -0.3 is 33.3 Å². The molecule has 3 aliphatic rings. The van der Waals surface area contributed by atoms with Crippen molar-refractivity contribution in [2.75, 3.05) is 33.8 Å². The smallest absolute Gasteiger partial charge is 0.425 e. The second-order valence-corrected chi connectivity index (χ2v) is 8.90.